The molecule has 1 aliphatic heterocycles. The van der Waals surface area contributed by atoms with Gasteiger partial charge in [-0.3, -0.25) is 4.79 Å². The molecule has 142 valence electrons. The van der Waals surface area contributed by atoms with E-state index in [4.69, 9.17) is 11.6 Å². The first kappa shape index (κ1) is 19.0. The molecular formula is C19H21ClN4O3. The van der Waals surface area contributed by atoms with Gasteiger partial charge in [0.05, 0.1) is 11.9 Å². The van der Waals surface area contributed by atoms with Crippen molar-refractivity contribution < 1.29 is 14.7 Å². The van der Waals surface area contributed by atoms with E-state index in [9.17, 15) is 14.7 Å². The highest BCUT2D eigenvalue weighted by Gasteiger charge is 2.24. The maximum Gasteiger partial charge on any atom is 0.339 e. The van der Waals surface area contributed by atoms with Crippen molar-refractivity contribution in [2.75, 3.05) is 41.3 Å². The fourth-order valence-electron chi connectivity index (χ4n) is 3.22. The molecular weight excluding hydrogens is 368 g/mol. The van der Waals surface area contributed by atoms with Gasteiger partial charge in [-0.05, 0) is 30.7 Å². The van der Waals surface area contributed by atoms with Crippen LogP contribution in [0.3, 0.4) is 0 Å². The standard InChI is InChI=1S/C19H21ClN4O3/c1-12-3-4-14(20)9-17(12)23-5-7-24(8-6-23)18-16(19(26)27)10-15(11-21-18)22-13(2)25/h3-4,9-11H,5-8H2,1-2H3,(H,22,25)(H,26,27). The van der Waals surface area contributed by atoms with Gasteiger partial charge >= 0.3 is 5.97 Å². The molecule has 0 atom stereocenters. The molecule has 8 heteroatoms. The average Bonchev–Trinajstić information content (AvgIpc) is 2.63. The molecule has 7 nitrogen and oxygen atoms in total. The molecule has 1 amide bonds. The van der Waals surface area contributed by atoms with Crippen molar-refractivity contribution in [3.8, 4) is 0 Å². The number of hydrogen-bond acceptors (Lipinski definition) is 5. The van der Waals surface area contributed by atoms with Gasteiger partial charge in [0.1, 0.15) is 11.4 Å². The lowest BCUT2D eigenvalue weighted by Gasteiger charge is -2.37. The Hall–Kier alpha value is -2.80. The molecule has 1 aliphatic rings. The number of piperazine rings is 1. The summed E-state index contributed by atoms with van der Waals surface area (Å²) in [4.78, 5) is 31.3. The highest BCUT2D eigenvalue weighted by Crippen LogP contribution is 2.27. The minimum Gasteiger partial charge on any atom is -0.478 e. The zero-order valence-electron chi connectivity index (χ0n) is 15.2. The first-order valence-corrected chi connectivity index (χ1v) is 9.00. The van der Waals surface area contributed by atoms with Crippen molar-refractivity contribution in [1.29, 1.82) is 0 Å². The van der Waals surface area contributed by atoms with Gasteiger partial charge in [-0.1, -0.05) is 17.7 Å². The van der Waals surface area contributed by atoms with Crippen molar-refractivity contribution in [1.82, 2.24) is 4.98 Å². The Kier molecular flexibility index (Phi) is 5.51. The number of benzene rings is 1. The SMILES string of the molecule is CC(=O)Nc1cnc(N2CCN(c3cc(Cl)ccc3C)CC2)c(C(=O)O)c1. The lowest BCUT2D eigenvalue weighted by Crippen LogP contribution is -2.47. The first-order valence-electron chi connectivity index (χ1n) is 8.62. The van der Waals surface area contributed by atoms with Crippen LogP contribution in [0.25, 0.3) is 0 Å². The van der Waals surface area contributed by atoms with E-state index in [1.807, 2.05) is 30.0 Å². The number of rotatable bonds is 4. The maximum absolute atomic E-state index is 11.7. The third kappa shape index (κ3) is 4.31. The number of carboxylic acid groups (broad SMARTS) is 1. The summed E-state index contributed by atoms with van der Waals surface area (Å²) in [5, 5.41) is 12.8. The number of nitrogens with one attached hydrogen (secondary N) is 1. The van der Waals surface area contributed by atoms with E-state index >= 15 is 0 Å². The Bertz CT molecular complexity index is 879. The van der Waals surface area contributed by atoms with Crippen LogP contribution in [-0.2, 0) is 4.79 Å². The number of anilines is 3. The van der Waals surface area contributed by atoms with E-state index in [1.165, 1.54) is 19.2 Å². The molecule has 1 aromatic heterocycles. The fourth-order valence-corrected chi connectivity index (χ4v) is 3.39. The lowest BCUT2D eigenvalue weighted by molar-refractivity contribution is -0.114. The largest absolute Gasteiger partial charge is 0.478 e. The number of aryl methyl sites for hydroxylation is 1. The summed E-state index contributed by atoms with van der Waals surface area (Å²) in [7, 11) is 0. The van der Waals surface area contributed by atoms with Crippen LogP contribution in [0.15, 0.2) is 30.5 Å². The average molecular weight is 389 g/mol. The topological polar surface area (TPSA) is 85.8 Å². The van der Waals surface area contributed by atoms with E-state index in [1.54, 1.807) is 0 Å². The number of amides is 1. The van der Waals surface area contributed by atoms with Gasteiger partial charge < -0.3 is 20.2 Å². The van der Waals surface area contributed by atoms with Crippen molar-refractivity contribution in [2.45, 2.75) is 13.8 Å². The Morgan fingerprint density at radius 1 is 1.15 bits per heavy atom. The smallest absolute Gasteiger partial charge is 0.339 e. The summed E-state index contributed by atoms with van der Waals surface area (Å²) in [5.74, 6) is -0.928. The molecule has 2 N–H and O–H groups in total. The fraction of sp³-hybridized carbons (Fsp3) is 0.316. The van der Waals surface area contributed by atoms with E-state index in [0.717, 1.165) is 24.3 Å². The van der Waals surface area contributed by atoms with Gasteiger partial charge in [0.15, 0.2) is 0 Å². The second-order valence-electron chi connectivity index (χ2n) is 6.49. The third-order valence-electron chi connectivity index (χ3n) is 4.51. The Morgan fingerprint density at radius 3 is 2.44 bits per heavy atom. The molecule has 27 heavy (non-hydrogen) atoms. The number of carbonyl (C=O) groups excluding carboxylic acids is 1. The summed E-state index contributed by atoms with van der Waals surface area (Å²) < 4.78 is 0. The molecule has 0 saturated carbocycles. The van der Waals surface area contributed by atoms with Crippen LogP contribution in [0.5, 0.6) is 0 Å². The molecule has 2 heterocycles. The van der Waals surface area contributed by atoms with Gasteiger partial charge in [0, 0.05) is 43.8 Å². The number of carboxylic acids is 1. The predicted octanol–water partition coefficient (Wildman–Crippen LogP) is 3.03. The summed E-state index contributed by atoms with van der Waals surface area (Å²) in [6.07, 6.45) is 1.48. The van der Waals surface area contributed by atoms with Gasteiger partial charge in [-0.2, -0.15) is 0 Å². The molecule has 0 spiro atoms. The Morgan fingerprint density at radius 2 is 1.81 bits per heavy atom. The molecule has 1 aromatic carbocycles. The maximum atomic E-state index is 11.7. The second-order valence-corrected chi connectivity index (χ2v) is 6.92. The number of aromatic nitrogens is 1. The van der Waals surface area contributed by atoms with E-state index in [-0.39, 0.29) is 11.5 Å². The summed E-state index contributed by atoms with van der Waals surface area (Å²) in [5.41, 5.74) is 2.69. The van der Waals surface area contributed by atoms with Crippen LogP contribution in [0.2, 0.25) is 5.02 Å². The molecule has 3 rings (SSSR count). The highest BCUT2D eigenvalue weighted by molar-refractivity contribution is 6.30. The minimum atomic E-state index is -1.07. The van der Waals surface area contributed by atoms with Crippen LogP contribution in [0.4, 0.5) is 17.2 Å². The van der Waals surface area contributed by atoms with Crippen molar-refractivity contribution in [3.05, 3.63) is 46.6 Å². The lowest BCUT2D eigenvalue weighted by atomic mass is 10.1. The quantitative estimate of drug-likeness (QED) is 0.837. The van der Waals surface area contributed by atoms with Crippen LogP contribution in [0.1, 0.15) is 22.8 Å². The molecule has 2 aromatic rings. The molecule has 0 unspecified atom stereocenters. The minimum absolute atomic E-state index is 0.0774. The van der Waals surface area contributed by atoms with Gasteiger partial charge in [0.25, 0.3) is 0 Å². The number of hydrogen-bond donors (Lipinski definition) is 2. The van der Waals surface area contributed by atoms with Gasteiger partial charge in [-0.15, -0.1) is 0 Å². The number of halogens is 1. The number of pyridine rings is 1. The zero-order valence-corrected chi connectivity index (χ0v) is 16.0. The first-order chi connectivity index (χ1) is 12.8. The zero-order chi connectivity index (χ0) is 19.6. The third-order valence-corrected chi connectivity index (χ3v) is 4.74. The Labute approximate surface area is 162 Å². The molecule has 0 radical (unpaired) electrons. The van der Waals surface area contributed by atoms with Crippen molar-refractivity contribution >= 4 is 40.7 Å². The Balaban J connectivity index is 1.78. The highest BCUT2D eigenvalue weighted by atomic mass is 35.5. The van der Waals surface area contributed by atoms with Crippen LogP contribution in [0, 0.1) is 6.92 Å². The van der Waals surface area contributed by atoms with E-state index in [2.05, 4.69) is 15.2 Å². The van der Waals surface area contributed by atoms with Gasteiger partial charge in [-0.25, -0.2) is 9.78 Å². The monoisotopic (exact) mass is 388 g/mol. The molecule has 1 saturated heterocycles. The molecule has 0 aliphatic carbocycles. The summed E-state index contributed by atoms with van der Waals surface area (Å²) >= 11 is 6.12. The summed E-state index contributed by atoms with van der Waals surface area (Å²) in [6.45, 7) is 6.15. The molecule has 0 bridgehead atoms. The predicted molar refractivity (Wildman–Crippen MR) is 106 cm³/mol. The number of nitrogens with zero attached hydrogens (tertiary/aromatic N) is 3. The van der Waals surface area contributed by atoms with Crippen molar-refractivity contribution in [3.63, 3.8) is 0 Å². The normalized spacial score (nSPS) is 14.2. The number of aromatic carboxylic acids is 1. The van der Waals surface area contributed by atoms with Gasteiger partial charge in [0.2, 0.25) is 5.91 Å². The second kappa shape index (κ2) is 7.84. The van der Waals surface area contributed by atoms with Crippen molar-refractivity contribution in [2.24, 2.45) is 0 Å². The van der Waals surface area contributed by atoms with Crippen LogP contribution >= 0.6 is 11.6 Å². The van der Waals surface area contributed by atoms with Crippen LogP contribution < -0.4 is 15.1 Å². The summed E-state index contributed by atoms with van der Waals surface area (Å²) in [6, 6.07) is 7.26. The number of carbonyl (C=O) groups is 2. The molecule has 1 fully saturated rings. The van der Waals surface area contributed by atoms with Crippen LogP contribution in [-0.4, -0.2) is 48.1 Å². The van der Waals surface area contributed by atoms with E-state index in [0.29, 0.717) is 29.6 Å². The van der Waals surface area contributed by atoms with E-state index < -0.39 is 5.97 Å².